The Morgan fingerprint density at radius 1 is 1.52 bits per heavy atom. The fourth-order valence-electron chi connectivity index (χ4n) is 2.61. The predicted molar refractivity (Wildman–Crippen MR) is 79.5 cm³/mol. The number of likely N-dealkylation sites (N-methyl/N-ethyl adjacent to an activating group) is 1. The van der Waals surface area contributed by atoms with E-state index in [1.165, 1.54) is 4.31 Å². The van der Waals surface area contributed by atoms with Crippen LogP contribution in [0.25, 0.3) is 0 Å². The fraction of sp³-hybridized carbons (Fsp3) is 0.769. The number of aryl methyl sites for hydroxylation is 1. The van der Waals surface area contributed by atoms with Gasteiger partial charge in [0.15, 0.2) is 5.03 Å². The van der Waals surface area contributed by atoms with Crippen molar-refractivity contribution in [2.45, 2.75) is 50.9 Å². The van der Waals surface area contributed by atoms with Crippen LogP contribution in [0.2, 0.25) is 0 Å². The molecule has 2 atom stereocenters. The molecule has 2 unspecified atom stereocenters. The number of sulfonamides is 1. The topological polar surface area (TPSA) is 87.3 Å². The zero-order valence-electron chi connectivity index (χ0n) is 13.0. The zero-order valence-corrected chi connectivity index (χ0v) is 13.8. The van der Waals surface area contributed by atoms with Crippen LogP contribution < -0.4 is 5.32 Å². The van der Waals surface area contributed by atoms with Crippen molar-refractivity contribution < 1.29 is 13.2 Å². The number of nitrogens with zero attached hydrogens (tertiary/aromatic N) is 2. The van der Waals surface area contributed by atoms with Crippen molar-refractivity contribution in [2.24, 2.45) is 0 Å². The van der Waals surface area contributed by atoms with Crippen LogP contribution in [0.4, 0.5) is 0 Å². The van der Waals surface area contributed by atoms with Crippen molar-refractivity contribution in [1.82, 2.24) is 19.8 Å². The number of nitrogens with one attached hydrogen (secondary N) is 2. The second kappa shape index (κ2) is 6.43. The molecule has 0 aliphatic carbocycles. The molecule has 1 saturated heterocycles. The number of aromatic amines is 1. The molecule has 0 amide bonds. The SMILES string of the molecule is CCNCc1c(S(=O)(=O)N(C)C2CCOC2C)n[nH]c1C. The maximum Gasteiger partial charge on any atom is 0.262 e. The van der Waals surface area contributed by atoms with E-state index in [1.807, 2.05) is 20.8 Å². The summed E-state index contributed by atoms with van der Waals surface area (Å²) in [5.74, 6) is 0. The van der Waals surface area contributed by atoms with Gasteiger partial charge in [-0.25, -0.2) is 8.42 Å². The number of hydrogen-bond donors (Lipinski definition) is 2. The molecule has 0 spiro atoms. The zero-order chi connectivity index (χ0) is 15.6. The monoisotopic (exact) mass is 316 g/mol. The first-order valence-corrected chi connectivity index (χ1v) is 8.67. The molecule has 120 valence electrons. The summed E-state index contributed by atoms with van der Waals surface area (Å²) >= 11 is 0. The first kappa shape index (κ1) is 16.4. The van der Waals surface area contributed by atoms with Gasteiger partial charge in [0.2, 0.25) is 0 Å². The summed E-state index contributed by atoms with van der Waals surface area (Å²) in [6, 6.07) is -0.140. The van der Waals surface area contributed by atoms with Crippen LogP contribution >= 0.6 is 0 Å². The Labute approximate surface area is 126 Å². The Balaban J connectivity index is 2.31. The highest BCUT2D eigenvalue weighted by molar-refractivity contribution is 7.89. The van der Waals surface area contributed by atoms with E-state index in [0.29, 0.717) is 25.1 Å². The lowest BCUT2D eigenvalue weighted by atomic mass is 10.2. The third-order valence-corrected chi connectivity index (χ3v) is 5.87. The van der Waals surface area contributed by atoms with Crippen molar-refractivity contribution >= 4 is 10.0 Å². The van der Waals surface area contributed by atoms with E-state index in [-0.39, 0.29) is 17.2 Å². The Bertz CT molecular complexity index is 584. The average Bonchev–Trinajstić information content (AvgIpc) is 3.02. The molecule has 1 fully saturated rings. The van der Waals surface area contributed by atoms with Crippen LogP contribution in [-0.4, -0.2) is 55.3 Å². The van der Waals surface area contributed by atoms with Gasteiger partial charge in [-0.2, -0.15) is 9.40 Å². The number of hydrogen-bond acceptors (Lipinski definition) is 5. The third kappa shape index (κ3) is 3.13. The van der Waals surface area contributed by atoms with Crippen LogP contribution in [0.5, 0.6) is 0 Å². The molecule has 0 bridgehead atoms. The van der Waals surface area contributed by atoms with E-state index in [0.717, 1.165) is 12.2 Å². The second-order valence-electron chi connectivity index (χ2n) is 5.37. The van der Waals surface area contributed by atoms with Crippen LogP contribution in [0, 0.1) is 6.92 Å². The van der Waals surface area contributed by atoms with E-state index in [1.54, 1.807) is 7.05 Å². The molecule has 0 saturated carbocycles. The Morgan fingerprint density at radius 3 is 2.81 bits per heavy atom. The van der Waals surface area contributed by atoms with Crippen molar-refractivity contribution in [3.05, 3.63) is 11.3 Å². The third-order valence-electron chi connectivity index (χ3n) is 4.01. The first-order chi connectivity index (χ1) is 9.89. The molecule has 2 N–H and O–H groups in total. The van der Waals surface area contributed by atoms with E-state index in [2.05, 4.69) is 15.5 Å². The second-order valence-corrected chi connectivity index (χ2v) is 7.28. The highest BCUT2D eigenvalue weighted by atomic mass is 32.2. The fourth-order valence-corrected chi connectivity index (χ4v) is 4.22. The van der Waals surface area contributed by atoms with Crippen molar-refractivity contribution in [2.75, 3.05) is 20.2 Å². The first-order valence-electron chi connectivity index (χ1n) is 7.23. The van der Waals surface area contributed by atoms with Gasteiger partial charge in [0.1, 0.15) is 0 Å². The number of aromatic nitrogens is 2. The van der Waals surface area contributed by atoms with Gasteiger partial charge in [0, 0.05) is 31.5 Å². The Morgan fingerprint density at radius 2 is 2.24 bits per heavy atom. The van der Waals surface area contributed by atoms with Crippen molar-refractivity contribution in [1.29, 1.82) is 0 Å². The molecule has 2 rings (SSSR count). The average molecular weight is 316 g/mol. The largest absolute Gasteiger partial charge is 0.377 e. The molecule has 8 heteroatoms. The molecular formula is C13H24N4O3S. The predicted octanol–water partition coefficient (Wildman–Crippen LogP) is 0.626. The minimum Gasteiger partial charge on any atom is -0.377 e. The summed E-state index contributed by atoms with van der Waals surface area (Å²) in [4.78, 5) is 0. The van der Waals surface area contributed by atoms with Crippen LogP contribution in [-0.2, 0) is 21.3 Å². The molecule has 0 radical (unpaired) electrons. The van der Waals surface area contributed by atoms with Gasteiger partial charge in [0.05, 0.1) is 12.1 Å². The number of H-pyrrole nitrogens is 1. The lowest BCUT2D eigenvalue weighted by molar-refractivity contribution is 0.102. The smallest absolute Gasteiger partial charge is 0.262 e. The molecule has 1 aliphatic rings. The maximum absolute atomic E-state index is 12.8. The van der Waals surface area contributed by atoms with Crippen LogP contribution in [0.1, 0.15) is 31.5 Å². The molecular weight excluding hydrogens is 292 g/mol. The standard InChI is InChI=1S/C13H24N4O3S/c1-5-14-8-11-9(2)15-16-13(11)21(18,19)17(4)12-6-7-20-10(12)3/h10,12,14H,5-8H2,1-4H3,(H,15,16). The Kier molecular flexibility index (Phi) is 5.03. The van der Waals surface area contributed by atoms with Gasteiger partial charge in [-0.1, -0.05) is 6.92 Å². The van der Waals surface area contributed by atoms with E-state index >= 15 is 0 Å². The summed E-state index contributed by atoms with van der Waals surface area (Å²) in [5.41, 5.74) is 1.48. The van der Waals surface area contributed by atoms with E-state index < -0.39 is 10.0 Å². The normalized spacial score (nSPS) is 23.1. The van der Waals surface area contributed by atoms with Gasteiger partial charge < -0.3 is 10.1 Å². The van der Waals surface area contributed by atoms with Crippen LogP contribution in [0.15, 0.2) is 5.03 Å². The van der Waals surface area contributed by atoms with Gasteiger partial charge >= 0.3 is 0 Å². The van der Waals surface area contributed by atoms with Gasteiger partial charge in [0.25, 0.3) is 10.0 Å². The highest BCUT2D eigenvalue weighted by Crippen LogP contribution is 2.26. The molecule has 0 aromatic carbocycles. The summed E-state index contributed by atoms with van der Waals surface area (Å²) in [5, 5.41) is 10.1. The molecule has 1 aromatic heterocycles. The summed E-state index contributed by atoms with van der Waals surface area (Å²) in [6.07, 6.45) is 0.616. The molecule has 1 aliphatic heterocycles. The van der Waals surface area contributed by atoms with Crippen molar-refractivity contribution in [3.8, 4) is 0 Å². The number of ether oxygens (including phenoxy) is 1. The highest BCUT2D eigenvalue weighted by Gasteiger charge is 2.37. The lowest BCUT2D eigenvalue weighted by Crippen LogP contribution is -2.41. The van der Waals surface area contributed by atoms with E-state index in [4.69, 9.17) is 4.74 Å². The minimum atomic E-state index is -3.62. The van der Waals surface area contributed by atoms with Gasteiger partial charge in [-0.15, -0.1) is 0 Å². The van der Waals surface area contributed by atoms with Crippen molar-refractivity contribution in [3.63, 3.8) is 0 Å². The number of rotatable bonds is 6. The maximum atomic E-state index is 12.8. The molecule has 1 aromatic rings. The van der Waals surface area contributed by atoms with E-state index in [9.17, 15) is 8.42 Å². The van der Waals surface area contributed by atoms with Crippen LogP contribution in [0.3, 0.4) is 0 Å². The van der Waals surface area contributed by atoms with Gasteiger partial charge in [-0.05, 0) is 26.8 Å². The molecule has 21 heavy (non-hydrogen) atoms. The quantitative estimate of drug-likeness (QED) is 0.803. The Hall–Kier alpha value is -0.960. The molecule has 7 nitrogen and oxygen atoms in total. The lowest BCUT2D eigenvalue weighted by Gasteiger charge is -2.25. The summed E-state index contributed by atoms with van der Waals surface area (Å²) in [6.45, 7) is 7.56. The summed E-state index contributed by atoms with van der Waals surface area (Å²) in [7, 11) is -2.02. The summed E-state index contributed by atoms with van der Waals surface area (Å²) < 4.78 is 32.5. The minimum absolute atomic E-state index is 0.0953. The molecule has 2 heterocycles. The van der Waals surface area contributed by atoms with Gasteiger partial charge in [-0.3, -0.25) is 5.10 Å².